The second-order valence-corrected chi connectivity index (χ2v) is 4.50. The van der Waals surface area contributed by atoms with Crippen LogP contribution in [-0.4, -0.2) is 20.8 Å². The van der Waals surface area contributed by atoms with Crippen LogP contribution in [-0.2, 0) is 0 Å². The molecule has 2 atom stereocenters. The molecule has 3 heteroatoms. The molecule has 1 aromatic rings. The van der Waals surface area contributed by atoms with Crippen molar-refractivity contribution in [3.63, 3.8) is 0 Å². The summed E-state index contributed by atoms with van der Waals surface area (Å²) in [6.07, 6.45) is 2.45. The van der Waals surface area contributed by atoms with Crippen LogP contribution in [0.4, 0.5) is 0 Å². The minimum absolute atomic E-state index is 0.417. The van der Waals surface area contributed by atoms with Crippen LogP contribution in [0.1, 0.15) is 31.4 Å². The molecular formula is C14H21NO2. The molecule has 0 radical (unpaired) electrons. The zero-order chi connectivity index (χ0) is 12.3. The highest BCUT2D eigenvalue weighted by molar-refractivity contribution is 5.43. The molecule has 1 N–H and O–H groups in total. The number of ether oxygens (including phenoxy) is 2. The number of benzene rings is 1. The van der Waals surface area contributed by atoms with E-state index >= 15 is 0 Å². The van der Waals surface area contributed by atoms with Crippen molar-refractivity contribution in [2.75, 3.05) is 20.8 Å². The Labute approximate surface area is 103 Å². The molecule has 17 heavy (non-hydrogen) atoms. The van der Waals surface area contributed by atoms with E-state index in [0.717, 1.165) is 18.0 Å². The average Bonchev–Trinajstić information content (AvgIpc) is 2.85. The van der Waals surface area contributed by atoms with Gasteiger partial charge in [-0.3, -0.25) is 0 Å². The van der Waals surface area contributed by atoms with Gasteiger partial charge < -0.3 is 14.8 Å². The first-order chi connectivity index (χ1) is 8.30. The normalized spacial score (nSPS) is 23.7. The number of hydrogen-bond donors (Lipinski definition) is 1. The topological polar surface area (TPSA) is 30.5 Å². The van der Waals surface area contributed by atoms with Gasteiger partial charge >= 0.3 is 0 Å². The maximum atomic E-state index is 5.47. The summed E-state index contributed by atoms with van der Waals surface area (Å²) in [5.41, 5.74) is 1.25. The van der Waals surface area contributed by atoms with Gasteiger partial charge in [-0.25, -0.2) is 0 Å². The smallest absolute Gasteiger partial charge is 0.127 e. The standard InChI is InChI=1S/C14H21NO2/c1-4-10-7-8-15-14(10)12-6-5-11(16-2)9-13(12)17-3/h5-6,9-10,14-15H,4,7-8H2,1-3H3. The lowest BCUT2D eigenvalue weighted by Gasteiger charge is -2.21. The predicted molar refractivity (Wildman–Crippen MR) is 68.7 cm³/mol. The second-order valence-electron chi connectivity index (χ2n) is 4.50. The van der Waals surface area contributed by atoms with Gasteiger partial charge in [-0.05, 0) is 24.9 Å². The molecule has 0 amide bonds. The van der Waals surface area contributed by atoms with Gasteiger partial charge in [0, 0.05) is 17.7 Å². The molecule has 2 rings (SSSR count). The van der Waals surface area contributed by atoms with E-state index in [1.807, 2.05) is 12.1 Å². The zero-order valence-corrected chi connectivity index (χ0v) is 10.8. The van der Waals surface area contributed by atoms with E-state index < -0.39 is 0 Å². The van der Waals surface area contributed by atoms with Crippen molar-refractivity contribution in [1.82, 2.24) is 5.32 Å². The highest BCUT2D eigenvalue weighted by Crippen LogP contribution is 2.38. The number of nitrogens with one attached hydrogen (secondary N) is 1. The summed E-state index contributed by atoms with van der Waals surface area (Å²) in [4.78, 5) is 0. The maximum Gasteiger partial charge on any atom is 0.127 e. The molecule has 1 saturated heterocycles. The average molecular weight is 235 g/mol. The molecule has 1 aliphatic rings. The van der Waals surface area contributed by atoms with E-state index in [1.54, 1.807) is 14.2 Å². The van der Waals surface area contributed by atoms with Gasteiger partial charge in [-0.15, -0.1) is 0 Å². The molecular weight excluding hydrogens is 214 g/mol. The van der Waals surface area contributed by atoms with Crippen molar-refractivity contribution in [3.8, 4) is 11.5 Å². The third-order valence-corrected chi connectivity index (χ3v) is 3.65. The SMILES string of the molecule is CCC1CCNC1c1ccc(OC)cc1OC. The van der Waals surface area contributed by atoms with Gasteiger partial charge in [0.2, 0.25) is 0 Å². The highest BCUT2D eigenvalue weighted by Gasteiger charge is 2.28. The Bertz CT molecular complexity index is 378. The fraction of sp³-hybridized carbons (Fsp3) is 0.571. The molecule has 0 aromatic heterocycles. The molecule has 0 aliphatic carbocycles. The molecule has 1 fully saturated rings. The Balaban J connectivity index is 2.30. The Morgan fingerprint density at radius 2 is 2.12 bits per heavy atom. The quantitative estimate of drug-likeness (QED) is 0.870. The lowest BCUT2D eigenvalue weighted by atomic mass is 9.91. The Morgan fingerprint density at radius 3 is 2.76 bits per heavy atom. The first kappa shape index (κ1) is 12.2. The van der Waals surface area contributed by atoms with E-state index in [0.29, 0.717) is 12.0 Å². The minimum atomic E-state index is 0.417. The van der Waals surface area contributed by atoms with Crippen LogP contribution in [0, 0.1) is 5.92 Å². The predicted octanol–water partition coefficient (Wildman–Crippen LogP) is 2.76. The van der Waals surface area contributed by atoms with E-state index in [9.17, 15) is 0 Å². The first-order valence-electron chi connectivity index (χ1n) is 6.25. The lowest BCUT2D eigenvalue weighted by molar-refractivity contribution is 0.375. The zero-order valence-electron chi connectivity index (χ0n) is 10.8. The van der Waals surface area contributed by atoms with Gasteiger partial charge in [0.1, 0.15) is 11.5 Å². The van der Waals surface area contributed by atoms with Crippen LogP contribution in [0.3, 0.4) is 0 Å². The Hall–Kier alpha value is -1.22. The fourth-order valence-corrected chi connectivity index (χ4v) is 2.64. The first-order valence-corrected chi connectivity index (χ1v) is 6.25. The number of methoxy groups -OCH3 is 2. The molecule has 3 nitrogen and oxygen atoms in total. The summed E-state index contributed by atoms with van der Waals surface area (Å²) >= 11 is 0. The lowest BCUT2D eigenvalue weighted by Crippen LogP contribution is -2.18. The third kappa shape index (κ3) is 2.39. The van der Waals surface area contributed by atoms with Crippen LogP contribution in [0.2, 0.25) is 0 Å². The van der Waals surface area contributed by atoms with Crippen LogP contribution < -0.4 is 14.8 Å². The molecule has 1 aromatic carbocycles. The Morgan fingerprint density at radius 1 is 1.29 bits per heavy atom. The van der Waals surface area contributed by atoms with Gasteiger partial charge in [-0.2, -0.15) is 0 Å². The van der Waals surface area contributed by atoms with Gasteiger partial charge in [0.15, 0.2) is 0 Å². The number of hydrogen-bond acceptors (Lipinski definition) is 3. The van der Waals surface area contributed by atoms with Crippen LogP contribution in [0.5, 0.6) is 11.5 Å². The summed E-state index contributed by atoms with van der Waals surface area (Å²) in [6, 6.07) is 6.50. The van der Waals surface area contributed by atoms with Crippen LogP contribution in [0.15, 0.2) is 18.2 Å². The molecule has 0 bridgehead atoms. The number of rotatable bonds is 4. The van der Waals surface area contributed by atoms with Crippen LogP contribution >= 0.6 is 0 Å². The molecule has 0 saturated carbocycles. The van der Waals surface area contributed by atoms with E-state index in [1.165, 1.54) is 18.4 Å². The third-order valence-electron chi connectivity index (χ3n) is 3.65. The van der Waals surface area contributed by atoms with Crippen molar-refractivity contribution in [2.45, 2.75) is 25.8 Å². The molecule has 94 valence electrons. The summed E-state index contributed by atoms with van der Waals surface area (Å²) in [5.74, 6) is 2.47. The largest absolute Gasteiger partial charge is 0.497 e. The van der Waals surface area contributed by atoms with E-state index in [2.05, 4.69) is 18.3 Å². The summed E-state index contributed by atoms with van der Waals surface area (Å²) in [6.45, 7) is 3.35. The fourth-order valence-electron chi connectivity index (χ4n) is 2.64. The van der Waals surface area contributed by atoms with Crippen molar-refractivity contribution in [1.29, 1.82) is 0 Å². The maximum absolute atomic E-state index is 5.47. The van der Waals surface area contributed by atoms with Gasteiger partial charge in [0.05, 0.1) is 14.2 Å². The van der Waals surface area contributed by atoms with Crippen molar-refractivity contribution in [3.05, 3.63) is 23.8 Å². The van der Waals surface area contributed by atoms with Gasteiger partial charge in [-0.1, -0.05) is 19.4 Å². The highest BCUT2D eigenvalue weighted by atomic mass is 16.5. The molecule has 2 unspecified atom stereocenters. The molecule has 0 spiro atoms. The minimum Gasteiger partial charge on any atom is -0.497 e. The monoisotopic (exact) mass is 235 g/mol. The van der Waals surface area contributed by atoms with E-state index in [4.69, 9.17) is 9.47 Å². The van der Waals surface area contributed by atoms with Crippen molar-refractivity contribution >= 4 is 0 Å². The molecule has 1 aliphatic heterocycles. The molecule has 1 heterocycles. The summed E-state index contributed by atoms with van der Waals surface area (Å²) in [7, 11) is 3.39. The van der Waals surface area contributed by atoms with Crippen molar-refractivity contribution < 1.29 is 9.47 Å². The van der Waals surface area contributed by atoms with Crippen molar-refractivity contribution in [2.24, 2.45) is 5.92 Å². The summed E-state index contributed by atoms with van der Waals surface area (Å²) < 4.78 is 10.7. The second kappa shape index (κ2) is 5.41. The van der Waals surface area contributed by atoms with Gasteiger partial charge in [0.25, 0.3) is 0 Å². The van der Waals surface area contributed by atoms with E-state index in [-0.39, 0.29) is 0 Å². The summed E-state index contributed by atoms with van der Waals surface area (Å²) in [5, 5.41) is 3.57. The van der Waals surface area contributed by atoms with Crippen LogP contribution in [0.25, 0.3) is 0 Å². The Kier molecular flexibility index (Phi) is 3.89.